The number of aryl methyl sites for hydroxylation is 3. The molecule has 0 spiro atoms. The van der Waals surface area contributed by atoms with Gasteiger partial charge in [-0.25, -0.2) is 4.98 Å². The van der Waals surface area contributed by atoms with Gasteiger partial charge in [-0.2, -0.15) is 4.98 Å². The second kappa shape index (κ2) is 6.07. The lowest BCUT2D eigenvalue weighted by atomic mass is 9.94. The summed E-state index contributed by atoms with van der Waals surface area (Å²) >= 11 is 0. The molecule has 0 amide bonds. The lowest BCUT2D eigenvalue weighted by Gasteiger charge is -2.12. The van der Waals surface area contributed by atoms with Crippen LogP contribution in [-0.2, 0) is 25.3 Å². The van der Waals surface area contributed by atoms with E-state index in [0.717, 1.165) is 11.3 Å². The molecule has 126 valence electrons. The molecule has 7 nitrogen and oxygen atoms in total. The van der Waals surface area contributed by atoms with Crippen LogP contribution in [0.4, 0.5) is 0 Å². The Bertz CT molecular complexity index is 899. The molecule has 3 heterocycles. The van der Waals surface area contributed by atoms with Gasteiger partial charge in [0.15, 0.2) is 5.89 Å². The predicted molar refractivity (Wildman–Crippen MR) is 87.6 cm³/mol. The third-order valence-corrected chi connectivity index (χ3v) is 3.66. The highest BCUT2D eigenvalue weighted by molar-refractivity contribution is 5.52. The molecule has 0 bridgehead atoms. The van der Waals surface area contributed by atoms with Crippen molar-refractivity contribution in [2.75, 3.05) is 0 Å². The Kier molecular flexibility index (Phi) is 4.09. The zero-order valence-electron chi connectivity index (χ0n) is 14.2. The second-order valence-corrected chi connectivity index (χ2v) is 6.75. The maximum atomic E-state index is 11.4. The van der Waals surface area contributed by atoms with Crippen molar-refractivity contribution < 1.29 is 8.94 Å². The van der Waals surface area contributed by atoms with Crippen LogP contribution in [-0.4, -0.2) is 19.7 Å². The van der Waals surface area contributed by atoms with E-state index in [2.05, 4.69) is 35.9 Å². The Hall–Kier alpha value is -2.70. The minimum absolute atomic E-state index is 0.0633. The minimum Gasteiger partial charge on any atom is -0.445 e. The zero-order valence-corrected chi connectivity index (χ0v) is 14.2. The van der Waals surface area contributed by atoms with Gasteiger partial charge in [-0.3, -0.25) is 4.79 Å². The molecule has 0 aliphatic rings. The van der Waals surface area contributed by atoms with Gasteiger partial charge in [0.1, 0.15) is 5.76 Å². The van der Waals surface area contributed by atoms with E-state index < -0.39 is 0 Å². The molecular formula is C17H20N4O3. The van der Waals surface area contributed by atoms with Crippen LogP contribution in [0.15, 0.2) is 38.3 Å². The number of hydrogen-bond acceptors (Lipinski definition) is 6. The third-order valence-electron chi connectivity index (χ3n) is 3.66. The van der Waals surface area contributed by atoms with Crippen LogP contribution in [0.2, 0.25) is 0 Å². The smallest absolute Gasteiger partial charge is 0.250 e. The zero-order chi connectivity index (χ0) is 17.3. The molecule has 0 saturated heterocycles. The molecule has 0 aliphatic carbocycles. The molecule has 3 rings (SSSR count). The van der Waals surface area contributed by atoms with E-state index in [1.807, 2.05) is 0 Å². The highest BCUT2D eigenvalue weighted by atomic mass is 16.5. The fourth-order valence-electron chi connectivity index (χ4n) is 2.19. The van der Waals surface area contributed by atoms with E-state index in [0.29, 0.717) is 30.4 Å². The van der Waals surface area contributed by atoms with Gasteiger partial charge in [-0.15, -0.1) is 0 Å². The van der Waals surface area contributed by atoms with Crippen molar-refractivity contribution in [1.29, 1.82) is 0 Å². The summed E-state index contributed by atoms with van der Waals surface area (Å²) in [6, 6.07) is 3.16. The van der Waals surface area contributed by atoms with Gasteiger partial charge in [0.05, 0.1) is 6.20 Å². The van der Waals surface area contributed by atoms with Gasteiger partial charge in [-0.05, 0) is 6.07 Å². The Morgan fingerprint density at radius 2 is 1.92 bits per heavy atom. The largest absolute Gasteiger partial charge is 0.445 e. The fourth-order valence-corrected chi connectivity index (χ4v) is 2.19. The van der Waals surface area contributed by atoms with Crippen LogP contribution in [0.1, 0.15) is 38.3 Å². The number of hydrogen-bond donors (Lipinski definition) is 0. The maximum Gasteiger partial charge on any atom is 0.250 e. The number of aromatic nitrogens is 4. The molecule has 0 radical (unpaired) electrons. The Morgan fingerprint density at radius 1 is 1.17 bits per heavy atom. The number of oxazole rings is 1. The maximum absolute atomic E-state index is 11.4. The molecule has 0 aliphatic heterocycles. The first-order valence-electron chi connectivity index (χ1n) is 7.78. The standard InChI is InChI=1S/C17H20N4O3/c1-17(2,3)12-9-18-13(23-12)6-7-14-19-16(20-24-14)11-5-8-15(22)21(4)10-11/h5,8-10H,6-7H2,1-4H3. The monoisotopic (exact) mass is 328 g/mol. The van der Waals surface area contributed by atoms with E-state index >= 15 is 0 Å². The molecule has 0 aromatic carbocycles. The number of pyridine rings is 1. The summed E-state index contributed by atoms with van der Waals surface area (Å²) in [6.07, 6.45) is 4.58. The Labute approximate surface area is 139 Å². The first-order valence-corrected chi connectivity index (χ1v) is 7.78. The van der Waals surface area contributed by atoms with Gasteiger partial charge in [0.25, 0.3) is 0 Å². The fraction of sp³-hybridized carbons (Fsp3) is 0.412. The normalized spacial score (nSPS) is 11.8. The quantitative estimate of drug-likeness (QED) is 0.731. The second-order valence-electron chi connectivity index (χ2n) is 6.75. The van der Waals surface area contributed by atoms with Crippen molar-refractivity contribution in [3.05, 3.63) is 52.4 Å². The van der Waals surface area contributed by atoms with E-state index in [9.17, 15) is 4.79 Å². The van der Waals surface area contributed by atoms with Crippen LogP contribution in [0.25, 0.3) is 11.4 Å². The van der Waals surface area contributed by atoms with E-state index in [4.69, 9.17) is 8.94 Å². The molecule has 24 heavy (non-hydrogen) atoms. The van der Waals surface area contributed by atoms with Crippen molar-refractivity contribution in [3.8, 4) is 11.4 Å². The molecule has 3 aromatic rings. The molecule has 3 aromatic heterocycles. The van der Waals surface area contributed by atoms with Crippen molar-refractivity contribution in [2.45, 2.75) is 39.0 Å². The highest BCUT2D eigenvalue weighted by Crippen LogP contribution is 2.23. The van der Waals surface area contributed by atoms with Gasteiger partial charge >= 0.3 is 0 Å². The van der Waals surface area contributed by atoms with Crippen LogP contribution in [0.5, 0.6) is 0 Å². The summed E-state index contributed by atoms with van der Waals surface area (Å²) in [4.78, 5) is 20.1. The average Bonchev–Trinajstić information content (AvgIpc) is 3.16. The lowest BCUT2D eigenvalue weighted by molar-refractivity contribution is 0.359. The summed E-state index contributed by atoms with van der Waals surface area (Å²) in [5.74, 6) is 2.48. The van der Waals surface area contributed by atoms with Gasteiger partial charge in [0, 0.05) is 43.1 Å². The summed E-state index contributed by atoms with van der Waals surface area (Å²) in [5, 5.41) is 3.96. The molecule has 0 unspecified atom stereocenters. The summed E-state index contributed by atoms with van der Waals surface area (Å²) < 4.78 is 12.5. The summed E-state index contributed by atoms with van der Waals surface area (Å²) in [6.45, 7) is 6.23. The van der Waals surface area contributed by atoms with Crippen LogP contribution >= 0.6 is 0 Å². The van der Waals surface area contributed by atoms with E-state index in [1.165, 1.54) is 10.6 Å². The Balaban J connectivity index is 1.69. The number of rotatable bonds is 4. The van der Waals surface area contributed by atoms with Crippen molar-refractivity contribution in [2.24, 2.45) is 7.05 Å². The molecule has 0 fully saturated rings. The lowest BCUT2D eigenvalue weighted by Crippen LogP contribution is -2.14. The molecule has 7 heteroatoms. The SMILES string of the molecule is Cn1cc(-c2noc(CCc3ncc(C(C)(C)C)o3)n2)ccc1=O. The van der Waals surface area contributed by atoms with Crippen molar-refractivity contribution in [3.63, 3.8) is 0 Å². The molecule has 0 N–H and O–H groups in total. The third kappa shape index (κ3) is 3.45. The van der Waals surface area contributed by atoms with Gasteiger partial charge in [-0.1, -0.05) is 25.9 Å². The topological polar surface area (TPSA) is 86.9 Å². The number of nitrogens with zero attached hydrogens (tertiary/aromatic N) is 4. The molecular weight excluding hydrogens is 308 g/mol. The predicted octanol–water partition coefficient (Wildman–Crippen LogP) is 2.51. The van der Waals surface area contributed by atoms with Gasteiger partial charge in [0.2, 0.25) is 17.3 Å². The summed E-state index contributed by atoms with van der Waals surface area (Å²) in [7, 11) is 1.68. The Morgan fingerprint density at radius 3 is 2.58 bits per heavy atom. The molecule has 0 saturated carbocycles. The minimum atomic E-state index is -0.0824. The highest BCUT2D eigenvalue weighted by Gasteiger charge is 2.19. The van der Waals surface area contributed by atoms with Crippen molar-refractivity contribution in [1.82, 2.24) is 19.7 Å². The van der Waals surface area contributed by atoms with Crippen molar-refractivity contribution >= 4 is 0 Å². The molecule has 0 atom stereocenters. The van der Waals surface area contributed by atoms with E-state index in [-0.39, 0.29) is 11.0 Å². The van der Waals surface area contributed by atoms with Crippen LogP contribution in [0.3, 0.4) is 0 Å². The first kappa shape index (κ1) is 16.2. The average molecular weight is 328 g/mol. The first-order chi connectivity index (χ1) is 11.3. The van der Waals surface area contributed by atoms with Crippen LogP contribution < -0.4 is 5.56 Å². The van der Waals surface area contributed by atoms with Gasteiger partial charge < -0.3 is 13.5 Å². The van der Waals surface area contributed by atoms with E-state index in [1.54, 1.807) is 25.5 Å². The van der Waals surface area contributed by atoms with Crippen LogP contribution in [0, 0.1) is 0 Å². The summed E-state index contributed by atoms with van der Waals surface area (Å²) in [5.41, 5.74) is 0.589.